The van der Waals surface area contributed by atoms with Gasteiger partial charge in [-0.2, -0.15) is 0 Å². The molecule has 1 aliphatic carbocycles. The summed E-state index contributed by atoms with van der Waals surface area (Å²) >= 11 is 1.67. The molecule has 1 aromatic heterocycles. The first kappa shape index (κ1) is 12.8. The van der Waals surface area contributed by atoms with Crippen LogP contribution >= 0.6 is 11.3 Å². The van der Waals surface area contributed by atoms with Crippen LogP contribution in [0.1, 0.15) is 41.8 Å². The number of nitrogens with zero attached hydrogens (tertiary/aromatic N) is 1. The van der Waals surface area contributed by atoms with Crippen LogP contribution in [0.4, 0.5) is 0 Å². The minimum atomic E-state index is 0.421. The Morgan fingerprint density at radius 2 is 2.21 bits per heavy atom. The highest BCUT2D eigenvalue weighted by atomic mass is 32.1. The van der Waals surface area contributed by atoms with Crippen LogP contribution in [-0.4, -0.2) is 11.5 Å². The van der Waals surface area contributed by atoms with Gasteiger partial charge in [0, 0.05) is 24.4 Å². The second-order valence-corrected chi connectivity index (χ2v) is 6.01. The third kappa shape index (κ3) is 3.04. The number of hydrogen-bond acceptors (Lipinski definition) is 3. The number of aryl methyl sites for hydroxylation is 2. The van der Waals surface area contributed by atoms with Crippen molar-refractivity contribution in [2.45, 2.75) is 38.6 Å². The summed E-state index contributed by atoms with van der Waals surface area (Å²) in [5, 5.41) is 5.72. The molecule has 0 saturated heterocycles. The summed E-state index contributed by atoms with van der Waals surface area (Å²) in [5.41, 5.74) is 7.63. The molecule has 1 atom stereocenters. The van der Waals surface area contributed by atoms with Gasteiger partial charge in [0.25, 0.3) is 0 Å². The van der Waals surface area contributed by atoms with Gasteiger partial charge in [-0.3, -0.25) is 0 Å². The first-order valence-corrected chi connectivity index (χ1v) is 7.99. The molecule has 1 heterocycles. The summed E-state index contributed by atoms with van der Waals surface area (Å²) in [4.78, 5) is 4.31. The van der Waals surface area contributed by atoms with E-state index in [9.17, 15) is 0 Å². The fraction of sp³-hybridized carbons (Fsp3) is 0.438. The Morgan fingerprint density at radius 3 is 3.05 bits per heavy atom. The van der Waals surface area contributed by atoms with Crippen molar-refractivity contribution in [2.75, 3.05) is 6.54 Å². The van der Waals surface area contributed by atoms with E-state index in [0.29, 0.717) is 6.04 Å². The van der Waals surface area contributed by atoms with Gasteiger partial charge in [-0.1, -0.05) is 18.2 Å². The number of benzene rings is 1. The number of nitrogens with one attached hydrogen (secondary N) is 1. The van der Waals surface area contributed by atoms with Crippen LogP contribution in [0.15, 0.2) is 29.1 Å². The molecule has 19 heavy (non-hydrogen) atoms. The highest BCUT2D eigenvalue weighted by molar-refractivity contribution is 7.07. The van der Waals surface area contributed by atoms with Crippen molar-refractivity contribution in [3.05, 3.63) is 51.5 Å². The Bertz CT molecular complexity index is 534. The quantitative estimate of drug-likeness (QED) is 0.900. The molecule has 0 amide bonds. The maximum absolute atomic E-state index is 4.31. The highest BCUT2D eigenvalue weighted by Gasteiger charge is 2.13. The summed E-state index contributed by atoms with van der Waals surface area (Å²) in [5.74, 6) is 0. The third-order valence-corrected chi connectivity index (χ3v) is 4.57. The zero-order chi connectivity index (χ0) is 13.1. The molecule has 3 heteroatoms. The Labute approximate surface area is 118 Å². The van der Waals surface area contributed by atoms with Gasteiger partial charge in [0.2, 0.25) is 0 Å². The van der Waals surface area contributed by atoms with Gasteiger partial charge < -0.3 is 5.32 Å². The van der Waals surface area contributed by atoms with E-state index in [0.717, 1.165) is 13.0 Å². The Morgan fingerprint density at radius 1 is 1.32 bits per heavy atom. The summed E-state index contributed by atoms with van der Waals surface area (Å²) in [6.45, 7) is 3.24. The molecule has 100 valence electrons. The lowest BCUT2D eigenvalue weighted by Crippen LogP contribution is -2.21. The Kier molecular flexibility index (Phi) is 3.95. The molecule has 1 unspecified atom stereocenters. The number of fused-ring (bicyclic) bond motifs is 1. The predicted octanol–water partition coefficient (Wildman–Crippen LogP) is 3.53. The molecule has 0 fully saturated rings. The molecule has 0 bridgehead atoms. The first-order chi connectivity index (χ1) is 9.33. The third-order valence-electron chi connectivity index (χ3n) is 3.94. The minimum Gasteiger partial charge on any atom is -0.310 e. The van der Waals surface area contributed by atoms with E-state index >= 15 is 0 Å². The lowest BCUT2D eigenvalue weighted by Gasteiger charge is -2.15. The van der Waals surface area contributed by atoms with Gasteiger partial charge in [0.15, 0.2) is 0 Å². The standard InChI is InChI=1S/C16H20N2S/c1-12(17-8-7-16-10-19-11-18-16)14-6-5-13-3-2-4-15(13)9-14/h5-6,9-12,17H,2-4,7-8H2,1H3. The molecule has 2 aromatic rings. The van der Waals surface area contributed by atoms with Crippen LogP contribution < -0.4 is 5.32 Å². The van der Waals surface area contributed by atoms with Crippen molar-refractivity contribution in [3.8, 4) is 0 Å². The van der Waals surface area contributed by atoms with Crippen molar-refractivity contribution in [3.63, 3.8) is 0 Å². The fourth-order valence-corrected chi connectivity index (χ4v) is 3.35. The molecule has 2 nitrogen and oxygen atoms in total. The average Bonchev–Trinajstić information content (AvgIpc) is 3.08. The maximum atomic E-state index is 4.31. The van der Waals surface area contributed by atoms with Crippen LogP contribution in [0.25, 0.3) is 0 Å². The normalized spacial score (nSPS) is 15.4. The van der Waals surface area contributed by atoms with E-state index in [1.165, 1.54) is 30.5 Å². The van der Waals surface area contributed by atoms with Crippen LogP contribution in [0, 0.1) is 0 Å². The van der Waals surface area contributed by atoms with Crippen LogP contribution in [0.5, 0.6) is 0 Å². The second kappa shape index (κ2) is 5.85. The SMILES string of the molecule is CC(NCCc1cscn1)c1ccc2c(c1)CCC2. The summed E-state index contributed by atoms with van der Waals surface area (Å²) in [6.07, 6.45) is 4.86. The molecule has 0 radical (unpaired) electrons. The zero-order valence-electron chi connectivity index (χ0n) is 11.4. The van der Waals surface area contributed by atoms with E-state index in [4.69, 9.17) is 0 Å². The smallest absolute Gasteiger partial charge is 0.0794 e. The molecular weight excluding hydrogens is 252 g/mol. The van der Waals surface area contributed by atoms with Gasteiger partial charge in [0.05, 0.1) is 11.2 Å². The lowest BCUT2D eigenvalue weighted by molar-refractivity contribution is 0.574. The molecule has 0 aliphatic heterocycles. The molecule has 1 aliphatic rings. The average molecular weight is 272 g/mol. The maximum Gasteiger partial charge on any atom is 0.0794 e. The number of thiazole rings is 1. The fourth-order valence-electron chi connectivity index (χ4n) is 2.76. The van der Waals surface area contributed by atoms with E-state index < -0.39 is 0 Å². The van der Waals surface area contributed by atoms with Gasteiger partial charge in [-0.25, -0.2) is 4.98 Å². The van der Waals surface area contributed by atoms with Gasteiger partial charge in [-0.05, 0) is 42.9 Å². The van der Waals surface area contributed by atoms with Crippen LogP contribution in [0.2, 0.25) is 0 Å². The predicted molar refractivity (Wildman–Crippen MR) is 80.7 cm³/mol. The molecule has 1 aromatic carbocycles. The Balaban J connectivity index is 1.56. The van der Waals surface area contributed by atoms with E-state index in [1.807, 2.05) is 5.51 Å². The highest BCUT2D eigenvalue weighted by Crippen LogP contribution is 2.25. The van der Waals surface area contributed by atoms with E-state index in [1.54, 1.807) is 22.5 Å². The van der Waals surface area contributed by atoms with E-state index in [-0.39, 0.29) is 0 Å². The molecule has 0 saturated carbocycles. The van der Waals surface area contributed by atoms with E-state index in [2.05, 4.69) is 40.8 Å². The largest absolute Gasteiger partial charge is 0.310 e. The van der Waals surface area contributed by atoms with Gasteiger partial charge >= 0.3 is 0 Å². The van der Waals surface area contributed by atoms with Crippen molar-refractivity contribution in [1.29, 1.82) is 0 Å². The van der Waals surface area contributed by atoms with Gasteiger partial charge in [0.1, 0.15) is 0 Å². The molecule has 1 N–H and O–H groups in total. The second-order valence-electron chi connectivity index (χ2n) is 5.29. The van der Waals surface area contributed by atoms with Crippen molar-refractivity contribution in [1.82, 2.24) is 10.3 Å². The first-order valence-electron chi connectivity index (χ1n) is 7.05. The number of hydrogen-bond donors (Lipinski definition) is 1. The summed E-state index contributed by atoms with van der Waals surface area (Å²) < 4.78 is 0. The van der Waals surface area contributed by atoms with Crippen molar-refractivity contribution >= 4 is 11.3 Å². The monoisotopic (exact) mass is 272 g/mol. The lowest BCUT2D eigenvalue weighted by atomic mass is 10.0. The number of aromatic nitrogens is 1. The Hall–Kier alpha value is -1.19. The summed E-state index contributed by atoms with van der Waals surface area (Å²) in [6, 6.07) is 7.41. The summed E-state index contributed by atoms with van der Waals surface area (Å²) in [7, 11) is 0. The minimum absolute atomic E-state index is 0.421. The zero-order valence-corrected chi connectivity index (χ0v) is 12.2. The van der Waals surface area contributed by atoms with Crippen molar-refractivity contribution in [2.24, 2.45) is 0 Å². The van der Waals surface area contributed by atoms with Gasteiger partial charge in [-0.15, -0.1) is 11.3 Å². The molecular formula is C16H20N2S. The molecule has 0 spiro atoms. The number of rotatable bonds is 5. The van der Waals surface area contributed by atoms with Crippen LogP contribution in [-0.2, 0) is 19.3 Å². The molecule has 3 rings (SSSR count). The van der Waals surface area contributed by atoms with Crippen molar-refractivity contribution < 1.29 is 0 Å². The topological polar surface area (TPSA) is 24.9 Å². The van der Waals surface area contributed by atoms with Crippen LogP contribution in [0.3, 0.4) is 0 Å².